The molecule has 5 aromatic carbocycles. The third-order valence-corrected chi connectivity index (χ3v) is 17.3. The van der Waals surface area contributed by atoms with Crippen LogP contribution in [-0.2, 0) is 14.7 Å². The van der Waals surface area contributed by atoms with Crippen LogP contribution in [0.25, 0.3) is 11.2 Å². The van der Waals surface area contributed by atoms with E-state index in [9.17, 15) is 0 Å². The summed E-state index contributed by atoms with van der Waals surface area (Å²) in [7, 11) is -1.43. The maximum absolute atomic E-state index is 16.1. The van der Waals surface area contributed by atoms with E-state index >= 15 is 4.39 Å². The first-order chi connectivity index (χ1) is 30.6. The number of hydrogen-bond acceptors (Lipinski definition) is 8. The molecule has 9 rings (SSSR count). The summed E-state index contributed by atoms with van der Waals surface area (Å²) in [5.74, 6) is 3.96. The molecule has 316 valence electrons. The number of fused-ring (bicyclic) bond motifs is 1. The number of anilines is 1. The summed E-state index contributed by atoms with van der Waals surface area (Å²) < 4.78 is 39.9. The van der Waals surface area contributed by atoms with Crippen molar-refractivity contribution in [2.24, 2.45) is 0 Å². The number of nitrogens with zero attached hydrogens (tertiary/aromatic N) is 6. The lowest BCUT2D eigenvalue weighted by molar-refractivity contribution is -0.0682. The Kier molecular flexibility index (Phi) is 11.0. The van der Waals surface area contributed by atoms with Crippen molar-refractivity contribution >= 4 is 35.7 Å². The molecule has 0 bridgehead atoms. The third-order valence-electron chi connectivity index (χ3n) is 12.3. The normalized spacial score (nSPS) is 18.0. The first kappa shape index (κ1) is 41.4. The molecule has 1 saturated heterocycles. The molecule has 0 spiro atoms. The Morgan fingerprint density at radius 1 is 0.810 bits per heavy atom. The number of hydrogen-bond donors (Lipinski definition) is 1. The van der Waals surface area contributed by atoms with Gasteiger partial charge in [0.2, 0.25) is 0 Å². The van der Waals surface area contributed by atoms with Gasteiger partial charge in [-0.05, 0) is 44.2 Å². The fourth-order valence-electron chi connectivity index (χ4n) is 9.32. The minimum Gasteiger partial charge on any atom is -0.497 e. The lowest BCUT2D eigenvalue weighted by atomic mass is 9.77. The maximum Gasteiger partial charge on any atom is 0.312 e. The summed E-state index contributed by atoms with van der Waals surface area (Å²) >= 11 is 0. The molecule has 3 atom stereocenters. The smallest absolute Gasteiger partial charge is 0.312 e. The highest BCUT2D eigenvalue weighted by Crippen LogP contribution is 2.48. The number of terminal acetylenes is 1. The summed E-state index contributed by atoms with van der Waals surface area (Å²) in [5, 5.41) is 5.63. The van der Waals surface area contributed by atoms with Crippen LogP contribution in [0.5, 0.6) is 5.75 Å². The molecule has 1 aliphatic heterocycles. The van der Waals surface area contributed by atoms with E-state index in [-0.39, 0.29) is 23.1 Å². The van der Waals surface area contributed by atoms with Crippen LogP contribution in [0.15, 0.2) is 171 Å². The zero-order valence-electron chi connectivity index (χ0n) is 35.6. The van der Waals surface area contributed by atoms with Crippen LogP contribution in [-0.4, -0.2) is 56.7 Å². The first-order valence-corrected chi connectivity index (χ1v) is 22.8. The fraction of sp³-hybridized carbons (Fsp3) is 0.216. The van der Waals surface area contributed by atoms with E-state index < -0.39 is 37.8 Å². The van der Waals surface area contributed by atoms with Crippen molar-refractivity contribution in [2.75, 3.05) is 19.0 Å². The number of aromatic nitrogens is 6. The second kappa shape index (κ2) is 16.7. The van der Waals surface area contributed by atoms with Gasteiger partial charge in [-0.25, -0.2) is 9.97 Å². The third kappa shape index (κ3) is 7.27. The second-order valence-electron chi connectivity index (χ2n) is 16.8. The fourth-order valence-corrected chi connectivity index (χ4v) is 13.9. The quantitative estimate of drug-likeness (QED) is 0.0533. The molecular weight excluding hydrogens is 806 g/mol. The van der Waals surface area contributed by atoms with Crippen LogP contribution in [0.2, 0.25) is 5.04 Å². The topological polar surface area (TPSA) is 101 Å². The van der Waals surface area contributed by atoms with Crippen molar-refractivity contribution in [1.82, 2.24) is 29.1 Å². The molecular formula is C51H48FN7O3Si. The molecule has 63 heavy (non-hydrogen) atoms. The van der Waals surface area contributed by atoms with Crippen LogP contribution < -0.4 is 20.4 Å². The van der Waals surface area contributed by atoms with Gasteiger partial charge in [0.25, 0.3) is 8.32 Å². The lowest BCUT2D eigenvalue weighted by Crippen LogP contribution is -2.67. The van der Waals surface area contributed by atoms with Crippen molar-refractivity contribution in [1.29, 1.82) is 0 Å². The van der Waals surface area contributed by atoms with E-state index in [1.54, 1.807) is 30.5 Å². The van der Waals surface area contributed by atoms with Gasteiger partial charge < -0.3 is 23.8 Å². The van der Waals surface area contributed by atoms with Crippen LogP contribution in [0.1, 0.15) is 56.2 Å². The van der Waals surface area contributed by atoms with Crippen molar-refractivity contribution in [3.8, 4) is 18.1 Å². The number of rotatable bonds is 13. The predicted molar refractivity (Wildman–Crippen MR) is 246 cm³/mol. The first-order valence-electron chi connectivity index (χ1n) is 20.9. The van der Waals surface area contributed by atoms with E-state index in [2.05, 4.69) is 95.5 Å². The van der Waals surface area contributed by atoms with Crippen molar-refractivity contribution in [3.63, 3.8) is 0 Å². The van der Waals surface area contributed by atoms with Gasteiger partial charge >= 0.3 is 6.08 Å². The van der Waals surface area contributed by atoms with E-state index in [0.29, 0.717) is 17.7 Å². The number of methoxy groups -OCH3 is 1. The molecule has 10 nitrogen and oxygen atoms in total. The largest absolute Gasteiger partial charge is 0.497 e. The second-order valence-corrected chi connectivity index (χ2v) is 21.1. The predicted octanol–water partition coefficient (Wildman–Crippen LogP) is 8.68. The van der Waals surface area contributed by atoms with Gasteiger partial charge in [-0.1, -0.05) is 160 Å². The van der Waals surface area contributed by atoms with E-state index in [0.717, 1.165) is 27.1 Å². The summed E-state index contributed by atoms with van der Waals surface area (Å²) in [6.45, 7) is 6.75. The van der Waals surface area contributed by atoms with E-state index in [1.165, 1.54) is 0 Å². The van der Waals surface area contributed by atoms with E-state index in [4.69, 9.17) is 25.3 Å². The molecule has 8 aromatic rings. The molecule has 1 fully saturated rings. The summed E-state index contributed by atoms with van der Waals surface area (Å²) in [6, 6.07) is 48.2. The molecule has 0 radical (unpaired) electrons. The number of imidazole rings is 2. The molecule has 1 aliphatic rings. The SMILES string of the molecule is C#C[C@@]1(CO[Si](c2ccccc2)(c2ccccc2)C(C)(C)C)O[C@@H](n2cnc3c(NC(c4ccccc4)(c4ccccc4)c4ccc(OC)cc4)nc(F)nc32)C[C@@H]1n1ccnc1. The molecule has 0 unspecified atom stereocenters. The number of ether oxygens (including phenoxy) is 2. The highest BCUT2D eigenvalue weighted by molar-refractivity contribution is 6.99. The van der Waals surface area contributed by atoms with E-state index in [1.807, 2.05) is 108 Å². The van der Waals surface area contributed by atoms with Crippen LogP contribution >= 0.6 is 0 Å². The Morgan fingerprint density at radius 2 is 1.38 bits per heavy atom. The average Bonchev–Trinajstić information content (AvgIpc) is 4.09. The lowest BCUT2D eigenvalue weighted by Gasteiger charge is -2.45. The maximum atomic E-state index is 16.1. The van der Waals surface area contributed by atoms with Crippen LogP contribution in [0.4, 0.5) is 10.2 Å². The number of halogens is 1. The standard InChI is InChI=1S/C51H48FN7O3Si/c1-6-50(34-61-63(49(2,3)4,41-23-15-9-16-24-41)42-25-17-10-18-26-42)43(58-32-31-53-35-58)33-44(62-50)59-36-54-45-46(55-48(52)56-47(45)59)57-51(37-19-11-7-12-20-37,38-21-13-8-14-22-38)39-27-29-40(60-5)30-28-39/h1,7-32,35-36,43-44H,33-34H2,2-5H3,(H,55,56,57)/t43-,44+,50-/m0/s1. The summed E-state index contributed by atoms with van der Waals surface area (Å²) in [5.41, 5.74) is 0.917. The minimum absolute atomic E-state index is 0.0669. The van der Waals surface area contributed by atoms with Gasteiger partial charge in [0.05, 0.1) is 32.4 Å². The molecule has 0 aliphatic carbocycles. The molecule has 1 N–H and O–H groups in total. The van der Waals surface area contributed by atoms with Gasteiger partial charge in [-0.15, -0.1) is 6.42 Å². The minimum atomic E-state index is -3.06. The number of benzene rings is 5. The molecule has 4 heterocycles. The highest BCUT2D eigenvalue weighted by Gasteiger charge is 2.55. The van der Waals surface area contributed by atoms with Gasteiger partial charge in [-0.2, -0.15) is 14.4 Å². The van der Waals surface area contributed by atoms with Crippen molar-refractivity contribution in [2.45, 2.75) is 55.6 Å². The zero-order chi connectivity index (χ0) is 43.7. The Balaban J connectivity index is 1.15. The van der Waals surface area contributed by atoms with Crippen LogP contribution in [0.3, 0.4) is 0 Å². The molecule has 3 aromatic heterocycles. The van der Waals surface area contributed by atoms with Gasteiger partial charge in [-0.3, -0.25) is 4.57 Å². The van der Waals surface area contributed by atoms with Crippen LogP contribution in [0, 0.1) is 18.4 Å². The molecule has 0 amide bonds. The zero-order valence-corrected chi connectivity index (χ0v) is 36.6. The van der Waals surface area contributed by atoms with Gasteiger partial charge in [0.1, 0.15) is 17.5 Å². The number of nitrogens with one attached hydrogen (secondary N) is 1. The summed E-state index contributed by atoms with van der Waals surface area (Å²) in [6.07, 6.45) is 12.3. The molecule has 0 saturated carbocycles. The Labute approximate surface area is 367 Å². The monoisotopic (exact) mass is 853 g/mol. The average molecular weight is 854 g/mol. The Hall–Kier alpha value is -6.91. The Bertz CT molecular complexity index is 2750. The highest BCUT2D eigenvalue weighted by atomic mass is 28.4. The van der Waals surface area contributed by atoms with Crippen molar-refractivity contribution < 1.29 is 18.3 Å². The summed E-state index contributed by atoms with van der Waals surface area (Å²) in [4.78, 5) is 18.0. The molecule has 12 heteroatoms. The van der Waals surface area contributed by atoms with Gasteiger partial charge in [0.15, 0.2) is 22.6 Å². The van der Waals surface area contributed by atoms with Gasteiger partial charge in [0, 0.05) is 18.8 Å². The van der Waals surface area contributed by atoms with Crippen molar-refractivity contribution in [3.05, 3.63) is 193 Å². The Morgan fingerprint density at radius 3 is 1.90 bits per heavy atom.